The molecule has 0 fully saturated rings. The summed E-state index contributed by atoms with van der Waals surface area (Å²) < 4.78 is 0. The highest BCUT2D eigenvalue weighted by atomic mass is 16.4. The molecule has 0 radical (unpaired) electrons. The Morgan fingerprint density at radius 1 is 0.812 bits per heavy atom. The summed E-state index contributed by atoms with van der Waals surface area (Å²) in [5.41, 5.74) is -1.58. The first-order chi connectivity index (χ1) is 7.70. The van der Waals surface area contributed by atoms with E-state index in [1.165, 1.54) is 12.1 Å². The Hall–Kier alpha value is -2.50. The van der Waals surface area contributed by atoms with Crippen molar-refractivity contribution in [1.82, 2.24) is 0 Å². The summed E-state index contributed by atoms with van der Waals surface area (Å²) in [7, 11) is 0. The van der Waals surface area contributed by atoms with Crippen LogP contribution < -0.4 is 21.6 Å². The predicted octanol–water partition coefficient (Wildman–Crippen LogP) is -0.984. The number of hydrogen-bond acceptors (Lipinski definition) is 6. The Morgan fingerprint density at radius 3 is 1.94 bits per heavy atom. The number of hydrogen-bond donors (Lipinski definition) is 2. The molecule has 0 aliphatic carbocycles. The van der Waals surface area contributed by atoms with Crippen molar-refractivity contribution in [2.75, 3.05) is 0 Å². The fraction of sp³-hybridized carbons (Fsp3) is 0. The summed E-state index contributed by atoms with van der Waals surface area (Å²) in [6.07, 6.45) is 0. The van der Waals surface area contributed by atoms with Crippen molar-refractivity contribution in [1.29, 1.82) is 0 Å². The van der Waals surface area contributed by atoms with E-state index in [2.05, 4.69) is 10.3 Å². The lowest BCUT2D eigenvalue weighted by Crippen LogP contribution is -2.48. The highest BCUT2D eigenvalue weighted by molar-refractivity contribution is 5.81. The molecule has 0 saturated carbocycles. The second-order valence-electron chi connectivity index (χ2n) is 3.10. The maximum atomic E-state index is 11.7. The molecule has 2 N–H and O–H groups in total. The van der Waals surface area contributed by atoms with Crippen molar-refractivity contribution in [3.05, 3.63) is 55.4 Å². The van der Waals surface area contributed by atoms with Crippen LogP contribution in [-0.4, -0.2) is 10.4 Å². The third-order valence-corrected chi connectivity index (χ3v) is 2.27. The fourth-order valence-corrected chi connectivity index (χ4v) is 1.54. The van der Waals surface area contributed by atoms with E-state index in [1.54, 1.807) is 12.1 Å². The third-order valence-electron chi connectivity index (χ3n) is 2.27. The first-order valence-corrected chi connectivity index (χ1v) is 4.33. The molecule has 0 amide bonds. The number of nitrogens with zero attached hydrogens (tertiary/aromatic N) is 2. The molecule has 0 unspecified atom stereocenters. The number of benzene rings is 2. The zero-order valence-electron chi connectivity index (χ0n) is 7.91. The first kappa shape index (κ1) is 10.0. The van der Waals surface area contributed by atoms with E-state index in [1.807, 2.05) is 0 Å². The molecule has 0 aromatic heterocycles. The van der Waals surface area contributed by atoms with Gasteiger partial charge in [-0.25, -0.2) is 0 Å². The van der Waals surface area contributed by atoms with Crippen LogP contribution in [0.4, 0.5) is 0 Å². The Balaban J connectivity index is 3.36. The van der Waals surface area contributed by atoms with Crippen LogP contribution in [0.3, 0.4) is 0 Å². The predicted molar refractivity (Wildman–Crippen MR) is 53.6 cm³/mol. The monoisotopic (exact) mass is 218 g/mol. The van der Waals surface area contributed by atoms with Crippen LogP contribution in [0.1, 0.15) is 0 Å². The SMILES string of the molecule is O=c1c(=NO)c(=O)c2ccccc2c1=NO. The molecule has 0 aliphatic heterocycles. The Kier molecular flexibility index (Phi) is 2.24. The molecule has 0 bridgehead atoms. The number of fused-ring (bicyclic) bond motifs is 1. The first-order valence-electron chi connectivity index (χ1n) is 4.33. The van der Waals surface area contributed by atoms with E-state index < -0.39 is 16.2 Å². The Bertz CT molecular complexity index is 770. The molecule has 80 valence electrons. The zero-order chi connectivity index (χ0) is 11.7. The van der Waals surface area contributed by atoms with Crippen LogP contribution >= 0.6 is 0 Å². The van der Waals surface area contributed by atoms with Gasteiger partial charge in [-0.15, -0.1) is 0 Å². The quantitative estimate of drug-likeness (QED) is 0.438. The van der Waals surface area contributed by atoms with Gasteiger partial charge in [0.1, 0.15) is 0 Å². The second-order valence-corrected chi connectivity index (χ2v) is 3.10. The van der Waals surface area contributed by atoms with Gasteiger partial charge in [0.25, 0.3) is 0 Å². The molecular formula is C10H6N2O4. The van der Waals surface area contributed by atoms with E-state index >= 15 is 0 Å². The summed E-state index contributed by atoms with van der Waals surface area (Å²) in [5, 5.41) is 22.2. The van der Waals surface area contributed by atoms with E-state index in [0.29, 0.717) is 0 Å². The molecule has 0 heterocycles. The van der Waals surface area contributed by atoms with Crippen molar-refractivity contribution in [2.45, 2.75) is 0 Å². The molecule has 0 saturated heterocycles. The second kappa shape index (κ2) is 3.58. The number of rotatable bonds is 0. The Labute approximate surface area is 87.7 Å². The van der Waals surface area contributed by atoms with Gasteiger partial charge < -0.3 is 10.4 Å². The summed E-state index contributed by atoms with van der Waals surface area (Å²) in [6.45, 7) is 0. The zero-order valence-corrected chi connectivity index (χ0v) is 7.91. The van der Waals surface area contributed by atoms with Crippen LogP contribution in [-0.2, 0) is 0 Å². The molecular weight excluding hydrogens is 212 g/mol. The average Bonchev–Trinajstić information content (AvgIpc) is 2.30. The van der Waals surface area contributed by atoms with Gasteiger partial charge in [0.05, 0.1) is 0 Å². The lowest BCUT2D eigenvalue weighted by Gasteiger charge is -1.94. The van der Waals surface area contributed by atoms with Gasteiger partial charge in [0, 0.05) is 10.8 Å². The average molecular weight is 218 g/mol. The van der Waals surface area contributed by atoms with Crippen molar-refractivity contribution in [3.8, 4) is 0 Å². The molecule has 6 nitrogen and oxygen atoms in total. The van der Waals surface area contributed by atoms with Gasteiger partial charge in [0.2, 0.25) is 10.9 Å². The van der Waals surface area contributed by atoms with Crippen molar-refractivity contribution in [2.24, 2.45) is 10.3 Å². The standard InChI is InChI=1S/C10H6N2O4/c13-9-6-4-2-1-3-5(6)7(11-15)10(14)8(9)12-16/h1-4,15-16H. The van der Waals surface area contributed by atoms with Crippen LogP contribution in [0.2, 0.25) is 0 Å². The van der Waals surface area contributed by atoms with E-state index in [9.17, 15) is 9.59 Å². The molecule has 0 spiro atoms. The van der Waals surface area contributed by atoms with Crippen LogP contribution in [0, 0.1) is 0 Å². The lowest BCUT2D eigenvalue weighted by molar-refractivity contribution is 0.296. The molecule has 0 aliphatic rings. The van der Waals surface area contributed by atoms with Gasteiger partial charge in [-0.1, -0.05) is 34.6 Å². The van der Waals surface area contributed by atoms with Crippen molar-refractivity contribution >= 4 is 10.8 Å². The van der Waals surface area contributed by atoms with Crippen molar-refractivity contribution in [3.63, 3.8) is 0 Å². The van der Waals surface area contributed by atoms with Crippen LogP contribution in [0.25, 0.3) is 10.8 Å². The summed E-state index contributed by atoms with van der Waals surface area (Å²) in [5.74, 6) is 0. The Morgan fingerprint density at radius 2 is 1.38 bits per heavy atom. The van der Waals surface area contributed by atoms with Gasteiger partial charge in [-0.05, 0) is 0 Å². The smallest absolute Gasteiger partial charge is 0.241 e. The highest BCUT2D eigenvalue weighted by Crippen LogP contribution is 2.00. The fourth-order valence-electron chi connectivity index (χ4n) is 1.54. The van der Waals surface area contributed by atoms with E-state index in [-0.39, 0.29) is 16.1 Å². The molecule has 2 aromatic carbocycles. The van der Waals surface area contributed by atoms with Gasteiger partial charge in [-0.2, -0.15) is 0 Å². The highest BCUT2D eigenvalue weighted by Gasteiger charge is 2.09. The van der Waals surface area contributed by atoms with Crippen LogP contribution in [0.5, 0.6) is 0 Å². The molecule has 2 aromatic rings. The van der Waals surface area contributed by atoms with Crippen LogP contribution in [0.15, 0.2) is 44.2 Å². The maximum absolute atomic E-state index is 11.7. The maximum Gasteiger partial charge on any atom is 0.241 e. The van der Waals surface area contributed by atoms with Gasteiger partial charge >= 0.3 is 0 Å². The van der Waals surface area contributed by atoms with E-state index in [4.69, 9.17) is 10.4 Å². The topological polar surface area (TPSA) is 99.3 Å². The summed E-state index contributed by atoms with van der Waals surface area (Å²) in [4.78, 5) is 23.2. The summed E-state index contributed by atoms with van der Waals surface area (Å²) in [6, 6.07) is 6.14. The van der Waals surface area contributed by atoms with Crippen molar-refractivity contribution < 1.29 is 10.4 Å². The minimum Gasteiger partial charge on any atom is -0.410 e. The third kappa shape index (κ3) is 1.20. The van der Waals surface area contributed by atoms with Gasteiger partial charge in [0.15, 0.2) is 10.7 Å². The molecule has 16 heavy (non-hydrogen) atoms. The normalized spacial score (nSPS) is 13.5. The minimum atomic E-state index is -0.895. The van der Waals surface area contributed by atoms with Gasteiger partial charge in [-0.3, -0.25) is 9.59 Å². The largest absolute Gasteiger partial charge is 0.410 e. The lowest BCUT2D eigenvalue weighted by atomic mass is 10.1. The molecule has 0 atom stereocenters. The summed E-state index contributed by atoms with van der Waals surface area (Å²) >= 11 is 0. The minimum absolute atomic E-state index is 0.169. The van der Waals surface area contributed by atoms with E-state index in [0.717, 1.165) is 0 Å². The molecule has 6 heteroatoms. The molecule has 2 rings (SSSR count).